The molecule has 0 saturated heterocycles. The minimum Gasteiger partial charge on any atom is -0.503 e. The zero-order valence-corrected chi connectivity index (χ0v) is 21.1. The lowest BCUT2D eigenvalue weighted by molar-refractivity contribution is -0.117. The zero-order chi connectivity index (χ0) is 25.4. The number of benzene rings is 2. The predicted octanol–water partition coefficient (Wildman–Crippen LogP) is 5.47. The van der Waals surface area contributed by atoms with Crippen molar-refractivity contribution in [3.63, 3.8) is 0 Å². The molecular formula is C26H21N3O5S2. The van der Waals surface area contributed by atoms with E-state index in [9.17, 15) is 14.7 Å². The third-order valence-electron chi connectivity index (χ3n) is 5.67. The highest BCUT2D eigenvalue weighted by Gasteiger charge is 2.45. The maximum Gasteiger partial charge on any atom is 0.350 e. The summed E-state index contributed by atoms with van der Waals surface area (Å²) in [5, 5.41) is 11.9. The molecule has 1 aliphatic rings. The molecule has 0 radical (unpaired) electrons. The van der Waals surface area contributed by atoms with Gasteiger partial charge in [-0.1, -0.05) is 48.3 Å². The summed E-state index contributed by atoms with van der Waals surface area (Å²) in [7, 11) is 1.57. The first-order valence-electron chi connectivity index (χ1n) is 10.9. The zero-order valence-electron chi connectivity index (χ0n) is 19.4. The monoisotopic (exact) mass is 519 g/mol. The number of nitrogens with zero attached hydrogens (tertiary/aromatic N) is 3. The van der Waals surface area contributed by atoms with E-state index in [1.807, 2.05) is 36.4 Å². The maximum absolute atomic E-state index is 13.5. The third kappa shape index (κ3) is 4.04. The molecule has 1 N–H and O–H groups in total. The number of hydrogen-bond acceptors (Lipinski definition) is 9. The summed E-state index contributed by atoms with van der Waals surface area (Å²) >= 11 is 2.43. The van der Waals surface area contributed by atoms with E-state index < -0.39 is 23.7 Å². The van der Waals surface area contributed by atoms with E-state index in [1.54, 1.807) is 26.2 Å². The van der Waals surface area contributed by atoms with Crippen molar-refractivity contribution in [1.29, 1.82) is 0 Å². The molecule has 0 bridgehead atoms. The number of esters is 1. The van der Waals surface area contributed by atoms with E-state index in [0.29, 0.717) is 22.0 Å². The van der Waals surface area contributed by atoms with Crippen LogP contribution in [0.3, 0.4) is 0 Å². The van der Waals surface area contributed by atoms with Gasteiger partial charge in [0.15, 0.2) is 10.9 Å². The van der Waals surface area contributed by atoms with Gasteiger partial charge in [0.2, 0.25) is 0 Å². The van der Waals surface area contributed by atoms with Gasteiger partial charge >= 0.3 is 5.97 Å². The van der Waals surface area contributed by atoms with E-state index in [-0.39, 0.29) is 16.6 Å². The Hall–Kier alpha value is -4.02. The van der Waals surface area contributed by atoms with Crippen molar-refractivity contribution in [1.82, 2.24) is 9.97 Å². The number of thiazole rings is 2. The van der Waals surface area contributed by atoms with Gasteiger partial charge in [-0.3, -0.25) is 9.69 Å². The second kappa shape index (κ2) is 9.56. The number of carbonyl (C=O) groups is 2. The average molecular weight is 520 g/mol. The molecule has 1 aliphatic heterocycles. The summed E-state index contributed by atoms with van der Waals surface area (Å²) < 4.78 is 11.4. The van der Waals surface area contributed by atoms with Gasteiger partial charge in [-0.15, -0.1) is 11.3 Å². The molecule has 0 unspecified atom stereocenters. The second-order valence-electron chi connectivity index (χ2n) is 7.90. The van der Waals surface area contributed by atoms with E-state index in [1.165, 1.54) is 22.3 Å². The number of rotatable bonds is 7. The second-order valence-corrected chi connectivity index (χ2v) is 9.91. The van der Waals surface area contributed by atoms with Crippen LogP contribution >= 0.6 is 22.7 Å². The van der Waals surface area contributed by atoms with Gasteiger partial charge in [-0.2, -0.15) is 0 Å². The summed E-state index contributed by atoms with van der Waals surface area (Å²) in [6, 6.07) is 14.1. The fourth-order valence-corrected chi connectivity index (χ4v) is 6.01. The van der Waals surface area contributed by atoms with Crippen LogP contribution in [0, 0.1) is 6.92 Å². The van der Waals surface area contributed by atoms with Gasteiger partial charge < -0.3 is 14.6 Å². The molecule has 182 valence electrons. The quantitative estimate of drug-likeness (QED) is 0.255. The van der Waals surface area contributed by atoms with Gasteiger partial charge in [0.25, 0.3) is 5.91 Å². The SMILES string of the molecule is C=CCOC(=O)c1sc(N2C(=O)C(O)=C(c3nc4ccccc4s3)[C@H]2c2ccc(OC)cc2)nc1C. The van der Waals surface area contributed by atoms with Crippen molar-refractivity contribution in [3.05, 3.63) is 88.1 Å². The fraction of sp³-hybridized carbons (Fsp3) is 0.154. The largest absolute Gasteiger partial charge is 0.503 e. The highest BCUT2D eigenvalue weighted by molar-refractivity contribution is 7.19. The van der Waals surface area contributed by atoms with E-state index in [2.05, 4.69) is 11.6 Å². The van der Waals surface area contributed by atoms with Gasteiger partial charge in [0.05, 0.1) is 34.6 Å². The van der Waals surface area contributed by atoms with Crippen molar-refractivity contribution in [2.24, 2.45) is 0 Å². The maximum atomic E-state index is 13.5. The van der Waals surface area contributed by atoms with E-state index in [4.69, 9.17) is 14.5 Å². The van der Waals surface area contributed by atoms with Gasteiger partial charge in [-0.05, 0) is 36.8 Å². The van der Waals surface area contributed by atoms with Gasteiger partial charge in [-0.25, -0.2) is 14.8 Å². The summed E-state index contributed by atoms with van der Waals surface area (Å²) in [5.74, 6) is -0.919. The van der Waals surface area contributed by atoms with Crippen LogP contribution in [0.5, 0.6) is 5.75 Å². The van der Waals surface area contributed by atoms with Crippen molar-refractivity contribution in [2.45, 2.75) is 13.0 Å². The molecule has 8 nitrogen and oxygen atoms in total. The highest BCUT2D eigenvalue weighted by atomic mass is 32.1. The molecule has 3 heterocycles. The van der Waals surface area contributed by atoms with E-state index in [0.717, 1.165) is 27.1 Å². The minimum absolute atomic E-state index is 0.0622. The molecule has 0 saturated carbocycles. The number of fused-ring (bicyclic) bond motifs is 1. The Labute approximate surface area is 214 Å². The number of anilines is 1. The topological polar surface area (TPSA) is 102 Å². The molecule has 36 heavy (non-hydrogen) atoms. The van der Waals surface area contributed by atoms with Crippen LogP contribution in [0.15, 0.2) is 66.9 Å². The Morgan fingerprint density at radius 1 is 1.17 bits per heavy atom. The lowest BCUT2D eigenvalue weighted by atomic mass is 10.00. The highest BCUT2D eigenvalue weighted by Crippen LogP contribution is 2.48. The number of aliphatic hydroxyl groups excluding tert-OH is 1. The van der Waals surface area contributed by atoms with Crippen LogP contribution < -0.4 is 9.64 Å². The molecule has 10 heteroatoms. The molecule has 0 aliphatic carbocycles. The summed E-state index contributed by atoms with van der Waals surface area (Å²) in [6.45, 7) is 5.29. The lowest BCUT2D eigenvalue weighted by Gasteiger charge is -2.24. The van der Waals surface area contributed by atoms with Gasteiger partial charge in [0.1, 0.15) is 22.2 Å². The van der Waals surface area contributed by atoms with Crippen LogP contribution in [-0.2, 0) is 9.53 Å². The van der Waals surface area contributed by atoms with Crippen LogP contribution in [0.1, 0.15) is 32.0 Å². The van der Waals surface area contributed by atoms with Crippen LogP contribution in [0.4, 0.5) is 5.13 Å². The number of ether oxygens (including phenoxy) is 2. The van der Waals surface area contributed by atoms with Crippen LogP contribution in [0.2, 0.25) is 0 Å². The minimum atomic E-state index is -0.716. The Kier molecular flexibility index (Phi) is 6.29. The summed E-state index contributed by atoms with van der Waals surface area (Å²) in [4.78, 5) is 36.9. The Bertz CT molecular complexity index is 1490. The molecule has 5 rings (SSSR count). The number of amides is 1. The number of aryl methyl sites for hydroxylation is 1. The van der Waals surface area contributed by atoms with Crippen molar-refractivity contribution >= 4 is 55.5 Å². The molecule has 2 aromatic carbocycles. The fourth-order valence-electron chi connectivity index (χ4n) is 3.98. The van der Waals surface area contributed by atoms with E-state index >= 15 is 0 Å². The average Bonchev–Trinajstić information content (AvgIpc) is 3.56. The first kappa shape index (κ1) is 23.7. The lowest BCUT2D eigenvalue weighted by Crippen LogP contribution is -2.30. The molecule has 0 fully saturated rings. The summed E-state index contributed by atoms with van der Waals surface area (Å²) in [6.07, 6.45) is 1.48. The molecule has 1 amide bonds. The number of methoxy groups -OCH3 is 1. The first-order valence-corrected chi connectivity index (χ1v) is 12.6. The normalized spacial score (nSPS) is 15.6. The molecule has 4 aromatic rings. The Morgan fingerprint density at radius 2 is 1.92 bits per heavy atom. The molecule has 2 aromatic heterocycles. The number of carbonyl (C=O) groups excluding carboxylic acids is 2. The first-order chi connectivity index (χ1) is 17.4. The third-order valence-corrected chi connectivity index (χ3v) is 7.88. The molecular weight excluding hydrogens is 498 g/mol. The Balaban J connectivity index is 1.64. The number of aromatic nitrogens is 2. The summed E-state index contributed by atoms with van der Waals surface area (Å²) in [5.41, 5.74) is 2.31. The molecule has 1 atom stereocenters. The van der Waals surface area contributed by atoms with Crippen LogP contribution in [-0.4, -0.2) is 40.7 Å². The van der Waals surface area contributed by atoms with Crippen molar-refractivity contribution in [3.8, 4) is 5.75 Å². The number of hydrogen-bond donors (Lipinski definition) is 1. The number of aliphatic hydroxyl groups is 1. The van der Waals surface area contributed by atoms with Crippen molar-refractivity contribution < 1.29 is 24.2 Å². The molecule has 0 spiro atoms. The smallest absolute Gasteiger partial charge is 0.350 e. The van der Waals surface area contributed by atoms with Crippen LogP contribution in [0.25, 0.3) is 15.8 Å². The standard InChI is InChI=1S/C26H21N3O5S2/c1-4-13-34-25(32)22-14(2)27-26(36-22)29-20(15-9-11-16(33-3)12-10-15)19(21(30)24(29)31)23-28-17-7-5-6-8-18(17)35-23/h4-12,20,30H,1,13H2,2-3H3/t20-/m1/s1. The van der Waals surface area contributed by atoms with Gasteiger partial charge in [0, 0.05) is 0 Å². The Morgan fingerprint density at radius 3 is 2.61 bits per heavy atom. The predicted molar refractivity (Wildman–Crippen MR) is 140 cm³/mol. The number of para-hydroxylation sites is 1. The van der Waals surface area contributed by atoms with Crippen molar-refractivity contribution in [2.75, 3.05) is 18.6 Å².